The lowest BCUT2D eigenvalue weighted by Gasteiger charge is -2.15. The van der Waals surface area contributed by atoms with Crippen molar-refractivity contribution in [2.75, 3.05) is 19.5 Å². The summed E-state index contributed by atoms with van der Waals surface area (Å²) < 4.78 is 34.3. The lowest BCUT2D eigenvalue weighted by Crippen LogP contribution is -2.34. The van der Waals surface area contributed by atoms with E-state index in [0.29, 0.717) is 40.2 Å². The first-order valence-corrected chi connectivity index (χ1v) is 15.1. The first kappa shape index (κ1) is 26.2. The molecule has 0 spiro atoms. The third-order valence-electron chi connectivity index (χ3n) is 7.17. The fraction of sp³-hybridized carbons (Fsp3) is 0.357. The van der Waals surface area contributed by atoms with Gasteiger partial charge in [-0.1, -0.05) is 61.8 Å². The molecular formula is C28H29ClN4O5S. The second kappa shape index (κ2) is 10.2. The van der Waals surface area contributed by atoms with E-state index in [0.717, 1.165) is 16.7 Å². The number of rotatable bonds is 6. The highest BCUT2D eigenvalue weighted by Gasteiger charge is 2.48. The molecule has 4 heterocycles. The molecule has 0 radical (unpaired) electrons. The molecule has 0 bridgehead atoms. The van der Waals surface area contributed by atoms with Gasteiger partial charge in [-0.25, -0.2) is 9.19 Å². The van der Waals surface area contributed by atoms with Crippen LogP contribution in [0.15, 0.2) is 59.0 Å². The highest BCUT2D eigenvalue weighted by molar-refractivity contribution is 7.93. The molecule has 11 heteroatoms. The maximum atomic E-state index is 12.6. The van der Waals surface area contributed by atoms with Crippen LogP contribution in [0.2, 0.25) is 5.02 Å². The van der Waals surface area contributed by atoms with Gasteiger partial charge in [0.1, 0.15) is 18.3 Å². The Balaban J connectivity index is 1.20. The molecule has 2 saturated heterocycles. The monoisotopic (exact) mass is 568 g/mol. The summed E-state index contributed by atoms with van der Waals surface area (Å²) in [6.07, 6.45) is -0.0479. The molecule has 2 N–H and O–H groups in total. The highest BCUT2D eigenvalue weighted by atomic mass is 35.5. The number of hydrogen-bond acceptors (Lipinski definition) is 8. The van der Waals surface area contributed by atoms with E-state index in [2.05, 4.69) is 19.3 Å². The van der Waals surface area contributed by atoms with Crippen LogP contribution in [0.5, 0.6) is 6.01 Å². The summed E-state index contributed by atoms with van der Waals surface area (Å²) in [4.78, 5) is 12.3. The van der Waals surface area contributed by atoms with Crippen molar-refractivity contribution in [3.05, 3.63) is 59.6 Å². The zero-order chi connectivity index (χ0) is 27.3. The van der Waals surface area contributed by atoms with Crippen molar-refractivity contribution in [3.63, 3.8) is 0 Å². The number of aliphatic hydroxyl groups excluding tert-OH is 1. The number of halogens is 1. The van der Waals surface area contributed by atoms with E-state index in [4.69, 9.17) is 25.8 Å². The lowest BCUT2D eigenvalue weighted by atomic mass is 10.0. The summed E-state index contributed by atoms with van der Waals surface area (Å²) in [5.74, 6) is 0. The number of pyridine rings is 1. The molecule has 2 aliphatic rings. The number of nitrogens with zero attached hydrogens (tertiary/aromatic N) is 3. The van der Waals surface area contributed by atoms with Crippen LogP contribution in [0.1, 0.15) is 13.8 Å². The third-order valence-corrected chi connectivity index (χ3v) is 9.78. The lowest BCUT2D eigenvalue weighted by molar-refractivity contribution is 0.00706. The van der Waals surface area contributed by atoms with Crippen LogP contribution in [-0.2, 0) is 19.2 Å². The number of aromatic nitrogens is 3. The van der Waals surface area contributed by atoms with Crippen LogP contribution < -0.4 is 4.74 Å². The molecule has 6 rings (SSSR count). The molecule has 2 aromatic heterocycles. The molecule has 9 nitrogen and oxygen atoms in total. The number of H-pyrrole nitrogens is 1. The summed E-state index contributed by atoms with van der Waals surface area (Å²) in [5.41, 5.74) is 5.34. The summed E-state index contributed by atoms with van der Waals surface area (Å²) in [6, 6.07) is 17.7. The highest BCUT2D eigenvalue weighted by Crippen LogP contribution is 2.33. The number of imidazole rings is 1. The van der Waals surface area contributed by atoms with E-state index >= 15 is 0 Å². The van der Waals surface area contributed by atoms with E-state index < -0.39 is 15.8 Å². The van der Waals surface area contributed by atoms with Crippen LogP contribution in [0.3, 0.4) is 0 Å². The van der Waals surface area contributed by atoms with E-state index in [-0.39, 0.29) is 30.2 Å². The normalized spacial score (nSPS) is 24.2. The van der Waals surface area contributed by atoms with Crippen molar-refractivity contribution in [2.45, 2.75) is 43.5 Å². The minimum Gasteiger partial charge on any atom is -0.456 e. The summed E-state index contributed by atoms with van der Waals surface area (Å²) in [6.45, 7) is 4.37. The molecule has 1 unspecified atom stereocenters. The van der Waals surface area contributed by atoms with Gasteiger partial charge in [-0.3, -0.25) is 0 Å². The molecule has 0 amide bonds. The maximum Gasteiger partial charge on any atom is 0.296 e. The van der Waals surface area contributed by atoms with Crippen molar-refractivity contribution in [2.24, 2.45) is 4.36 Å². The number of benzene rings is 2. The van der Waals surface area contributed by atoms with Gasteiger partial charge in [0.25, 0.3) is 6.01 Å². The third kappa shape index (κ3) is 5.15. The van der Waals surface area contributed by atoms with Crippen LogP contribution in [0.25, 0.3) is 33.5 Å². The molecule has 204 valence electrons. The van der Waals surface area contributed by atoms with E-state index in [1.807, 2.05) is 62.4 Å². The van der Waals surface area contributed by atoms with Gasteiger partial charge >= 0.3 is 0 Å². The molecule has 39 heavy (non-hydrogen) atoms. The average Bonchev–Trinajstić information content (AvgIpc) is 3.60. The fourth-order valence-electron chi connectivity index (χ4n) is 4.69. The molecule has 2 aromatic carbocycles. The van der Waals surface area contributed by atoms with Gasteiger partial charge in [0.15, 0.2) is 11.8 Å². The van der Waals surface area contributed by atoms with Crippen LogP contribution >= 0.6 is 11.6 Å². The SMILES string of the molecule is CC(C)S(C)(=O)=Nc1ccc(-c2ccc(-c3nc4nc(O[C@@H]5CO[C@H]6[C@@H]5OC[C@H]6O)[nH]c4cc3Cl)cc2)cc1. The van der Waals surface area contributed by atoms with Crippen LogP contribution in [0, 0.1) is 0 Å². The molecule has 2 fully saturated rings. The zero-order valence-corrected chi connectivity index (χ0v) is 23.3. The summed E-state index contributed by atoms with van der Waals surface area (Å²) in [5, 5.41) is 10.4. The molecule has 2 aliphatic heterocycles. The molecule has 4 aromatic rings. The number of aromatic amines is 1. The number of hydrogen-bond donors (Lipinski definition) is 2. The van der Waals surface area contributed by atoms with Crippen LogP contribution in [0.4, 0.5) is 5.69 Å². The van der Waals surface area contributed by atoms with Gasteiger partial charge in [0.2, 0.25) is 0 Å². The van der Waals surface area contributed by atoms with Crippen molar-refractivity contribution >= 4 is 38.2 Å². The first-order chi connectivity index (χ1) is 18.7. The van der Waals surface area contributed by atoms with Gasteiger partial charge in [-0.05, 0) is 29.3 Å². The van der Waals surface area contributed by atoms with E-state index in [1.54, 1.807) is 12.3 Å². The van der Waals surface area contributed by atoms with E-state index in [1.165, 1.54) is 0 Å². The fourth-order valence-corrected chi connectivity index (χ4v) is 5.70. The smallest absolute Gasteiger partial charge is 0.296 e. The Morgan fingerprint density at radius 2 is 1.67 bits per heavy atom. The van der Waals surface area contributed by atoms with Crippen molar-refractivity contribution in [1.29, 1.82) is 0 Å². The maximum absolute atomic E-state index is 12.6. The van der Waals surface area contributed by atoms with Gasteiger partial charge in [-0.2, -0.15) is 9.35 Å². The molecule has 0 saturated carbocycles. The number of nitrogens with one attached hydrogen (secondary N) is 1. The Labute approximate surface area is 231 Å². The Hall–Kier alpha value is -3.02. The Morgan fingerprint density at radius 1 is 1.03 bits per heavy atom. The molecule has 5 atom stereocenters. The predicted molar refractivity (Wildman–Crippen MR) is 151 cm³/mol. The van der Waals surface area contributed by atoms with Crippen LogP contribution in [-0.4, -0.2) is 73.4 Å². The topological polar surface area (TPSA) is 119 Å². The van der Waals surface area contributed by atoms with Gasteiger partial charge < -0.3 is 24.3 Å². The zero-order valence-electron chi connectivity index (χ0n) is 21.7. The molecule has 0 aliphatic carbocycles. The average molecular weight is 569 g/mol. The van der Waals surface area contributed by atoms with E-state index in [9.17, 15) is 9.32 Å². The first-order valence-electron chi connectivity index (χ1n) is 12.7. The predicted octanol–water partition coefficient (Wildman–Crippen LogP) is 4.99. The number of aliphatic hydroxyl groups is 1. The number of fused-ring (bicyclic) bond motifs is 2. The van der Waals surface area contributed by atoms with Crippen molar-refractivity contribution < 1.29 is 23.5 Å². The van der Waals surface area contributed by atoms with Crippen molar-refractivity contribution in [3.8, 4) is 28.4 Å². The number of ether oxygens (including phenoxy) is 3. The second-order valence-corrected chi connectivity index (χ2v) is 13.4. The van der Waals surface area contributed by atoms with Gasteiger partial charge in [-0.15, -0.1) is 0 Å². The minimum atomic E-state index is -2.27. The second-order valence-electron chi connectivity index (χ2n) is 10.2. The summed E-state index contributed by atoms with van der Waals surface area (Å²) in [7, 11) is -2.27. The minimum absolute atomic E-state index is 0.0175. The quantitative estimate of drug-likeness (QED) is 0.336. The van der Waals surface area contributed by atoms with Gasteiger partial charge in [0.05, 0.1) is 44.9 Å². The Morgan fingerprint density at radius 3 is 2.36 bits per heavy atom. The standard InChI is InChI=1S/C28H29ClN4O5S/c1-15(2)39(3,35)33-19-10-8-17(9-11-19)16-4-6-18(7-5-16)24-20(29)12-21-27(31-24)32-28(30-21)38-23-14-37-25-22(34)13-36-26(23)25/h4-12,15,22-23,25-26,34H,13-14H2,1-3H3,(H,30,31,32)/t22-,23-,25-,26-,39?/m1/s1. The van der Waals surface area contributed by atoms with Gasteiger partial charge in [0, 0.05) is 17.1 Å². The Bertz CT molecular complexity index is 1630. The van der Waals surface area contributed by atoms with Crippen molar-refractivity contribution in [1.82, 2.24) is 15.0 Å². The Kier molecular flexibility index (Phi) is 6.84. The largest absolute Gasteiger partial charge is 0.456 e. The molecular weight excluding hydrogens is 540 g/mol. The summed E-state index contributed by atoms with van der Waals surface area (Å²) >= 11 is 6.60.